The van der Waals surface area contributed by atoms with Crippen LogP contribution in [0.1, 0.15) is 27.7 Å². The Morgan fingerprint density at radius 3 is 1.58 bits per heavy atom. The van der Waals surface area contributed by atoms with Crippen molar-refractivity contribution in [2.75, 3.05) is 26.3 Å². The Morgan fingerprint density at radius 1 is 0.875 bits per heavy atom. The highest BCUT2D eigenvalue weighted by molar-refractivity contribution is 8.11. The van der Waals surface area contributed by atoms with E-state index in [0.717, 1.165) is 34.5 Å². The molecule has 0 atom stereocenters. The van der Waals surface area contributed by atoms with Crippen LogP contribution in [0.4, 0.5) is 0 Å². The number of thioether (sulfide) groups is 2. The lowest BCUT2D eigenvalue weighted by molar-refractivity contribution is -0.138. The summed E-state index contributed by atoms with van der Waals surface area (Å²) in [6, 6.07) is 0. The first kappa shape index (κ1) is 17.3. The number of allylic oxidation sites excluding steroid dienone is 2. The van der Waals surface area contributed by atoms with E-state index < -0.39 is 0 Å². The summed E-state index contributed by atoms with van der Waals surface area (Å²) in [6.07, 6.45) is 0. The highest BCUT2D eigenvalue weighted by atomic mass is 32.2. The molecule has 3 heterocycles. The molecule has 24 heavy (non-hydrogen) atoms. The zero-order valence-corrected chi connectivity index (χ0v) is 15.8. The molecule has 3 aliphatic rings. The predicted molar refractivity (Wildman–Crippen MR) is 94.3 cm³/mol. The van der Waals surface area contributed by atoms with Gasteiger partial charge in [0, 0.05) is 24.5 Å². The largest absolute Gasteiger partial charge is 0.462 e. The van der Waals surface area contributed by atoms with Gasteiger partial charge in [-0.3, -0.25) is 0 Å². The van der Waals surface area contributed by atoms with Crippen molar-refractivity contribution in [1.82, 2.24) is 9.80 Å². The van der Waals surface area contributed by atoms with Crippen molar-refractivity contribution in [2.45, 2.75) is 27.7 Å². The normalized spacial score (nSPS) is 19.8. The molecule has 6 nitrogen and oxygen atoms in total. The van der Waals surface area contributed by atoms with E-state index in [4.69, 9.17) is 9.47 Å². The van der Waals surface area contributed by atoms with Crippen LogP contribution in [0.5, 0.6) is 0 Å². The average molecular weight is 368 g/mol. The number of hydrogen-bond acceptors (Lipinski definition) is 8. The second-order valence-corrected chi connectivity index (χ2v) is 7.39. The van der Waals surface area contributed by atoms with Gasteiger partial charge in [0.25, 0.3) is 0 Å². The van der Waals surface area contributed by atoms with Crippen molar-refractivity contribution < 1.29 is 19.1 Å². The van der Waals surface area contributed by atoms with E-state index in [9.17, 15) is 9.59 Å². The molecule has 0 radical (unpaired) electrons. The number of rotatable bonds is 4. The minimum atomic E-state index is -0.285. The van der Waals surface area contributed by atoms with E-state index in [0.29, 0.717) is 23.0 Å². The van der Waals surface area contributed by atoms with E-state index in [1.165, 1.54) is 23.5 Å². The Morgan fingerprint density at radius 2 is 1.25 bits per heavy atom. The standard InChI is InChI=1S/C16H20N2O4S2/c1-5-21-15(19)11-9(3)17-7-8-18-10(4)12(16(20)22-6-2)24-14(18)13(17)23-11/h5-8H2,1-4H3. The van der Waals surface area contributed by atoms with Gasteiger partial charge in [-0.25, -0.2) is 9.59 Å². The van der Waals surface area contributed by atoms with Crippen molar-refractivity contribution >= 4 is 35.5 Å². The number of nitrogens with zero attached hydrogens (tertiary/aromatic N) is 2. The van der Waals surface area contributed by atoms with Crippen LogP contribution >= 0.6 is 23.5 Å². The Kier molecular flexibility index (Phi) is 4.87. The fourth-order valence-corrected chi connectivity index (χ4v) is 5.34. The van der Waals surface area contributed by atoms with Crippen molar-refractivity contribution in [2.24, 2.45) is 0 Å². The minimum absolute atomic E-state index is 0.285. The molecule has 0 unspecified atom stereocenters. The maximum atomic E-state index is 12.2. The van der Waals surface area contributed by atoms with Crippen molar-refractivity contribution in [3.63, 3.8) is 0 Å². The number of hydrogen-bond donors (Lipinski definition) is 0. The van der Waals surface area contributed by atoms with Crippen LogP contribution in [-0.4, -0.2) is 48.0 Å². The van der Waals surface area contributed by atoms with E-state index in [-0.39, 0.29) is 11.9 Å². The first-order valence-electron chi connectivity index (χ1n) is 7.90. The van der Waals surface area contributed by atoms with Crippen molar-refractivity contribution in [3.05, 3.63) is 31.3 Å². The van der Waals surface area contributed by atoms with E-state index in [1.807, 2.05) is 13.8 Å². The molecule has 0 saturated heterocycles. The van der Waals surface area contributed by atoms with Gasteiger partial charge in [0.1, 0.15) is 19.9 Å². The molecule has 0 fully saturated rings. The van der Waals surface area contributed by atoms with Crippen molar-refractivity contribution in [1.29, 1.82) is 0 Å². The lowest BCUT2D eigenvalue weighted by Gasteiger charge is -2.34. The molecule has 130 valence electrons. The van der Waals surface area contributed by atoms with Crippen LogP contribution in [0.15, 0.2) is 31.3 Å². The summed E-state index contributed by atoms with van der Waals surface area (Å²) >= 11 is 2.85. The maximum absolute atomic E-state index is 12.2. The molecule has 0 N–H and O–H groups in total. The van der Waals surface area contributed by atoms with Gasteiger partial charge in [-0.05, 0) is 27.7 Å². The molecule has 0 saturated carbocycles. The van der Waals surface area contributed by atoms with E-state index in [2.05, 4.69) is 9.80 Å². The van der Waals surface area contributed by atoms with Crippen LogP contribution in [0.25, 0.3) is 0 Å². The number of esters is 2. The molecule has 0 aliphatic carbocycles. The second kappa shape index (κ2) is 6.76. The molecule has 8 heteroatoms. The van der Waals surface area contributed by atoms with E-state index in [1.54, 1.807) is 13.8 Å². The molecule has 0 aromatic rings. The lowest BCUT2D eigenvalue weighted by Crippen LogP contribution is -2.35. The molecule has 0 spiro atoms. The molecule has 0 amide bonds. The monoisotopic (exact) mass is 368 g/mol. The third-order valence-electron chi connectivity index (χ3n) is 4.01. The highest BCUT2D eigenvalue weighted by Gasteiger charge is 2.42. The Balaban J connectivity index is 1.90. The number of carbonyl (C=O) groups is 2. The van der Waals surface area contributed by atoms with Crippen LogP contribution in [0.2, 0.25) is 0 Å². The third-order valence-corrected chi connectivity index (χ3v) is 6.68. The highest BCUT2D eigenvalue weighted by Crippen LogP contribution is 2.53. The summed E-state index contributed by atoms with van der Waals surface area (Å²) < 4.78 is 10.3. The van der Waals surface area contributed by atoms with Gasteiger partial charge in [-0.2, -0.15) is 0 Å². The van der Waals surface area contributed by atoms with Crippen LogP contribution in [0.3, 0.4) is 0 Å². The smallest absolute Gasteiger partial charge is 0.346 e. The topological polar surface area (TPSA) is 59.1 Å². The zero-order chi connectivity index (χ0) is 17.4. The average Bonchev–Trinajstić information content (AvgIpc) is 3.06. The molecule has 0 bridgehead atoms. The van der Waals surface area contributed by atoms with Crippen LogP contribution in [0, 0.1) is 0 Å². The summed E-state index contributed by atoms with van der Waals surface area (Å²) in [5, 5.41) is 1.98. The van der Waals surface area contributed by atoms with Gasteiger partial charge in [0.15, 0.2) is 0 Å². The summed E-state index contributed by atoms with van der Waals surface area (Å²) in [6.45, 7) is 9.74. The van der Waals surface area contributed by atoms with Gasteiger partial charge in [-0.1, -0.05) is 23.5 Å². The maximum Gasteiger partial charge on any atom is 0.346 e. The van der Waals surface area contributed by atoms with Gasteiger partial charge < -0.3 is 19.3 Å². The molecule has 3 aliphatic heterocycles. The van der Waals surface area contributed by atoms with Crippen LogP contribution in [-0.2, 0) is 19.1 Å². The fraction of sp³-hybridized carbons (Fsp3) is 0.500. The van der Waals surface area contributed by atoms with E-state index >= 15 is 0 Å². The molecule has 0 aromatic heterocycles. The fourth-order valence-electron chi connectivity index (χ4n) is 2.83. The van der Waals surface area contributed by atoms with Gasteiger partial charge in [0.2, 0.25) is 0 Å². The van der Waals surface area contributed by atoms with Crippen molar-refractivity contribution in [3.8, 4) is 0 Å². The summed E-state index contributed by atoms with van der Waals surface area (Å²) in [4.78, 5) is 29.8. The number of ether oxygens (including phenoxy) is 2. The van der Waals surface area contributed by atoms with Gasteiger partial charge >= 0.3 is 11.9 Å². The number of fused-ring (bicyclic) bond motifs is 2. The lowest BCUT2D eigenvalue weighted by atomic mass is 10.3. The SMILES string of the molecule is CCOC(=O)C1=C(C)N2CCN3C(C)=C(C(=O)OCC)SC3=C2S1. The number of carbonyl (C=O) groups excluding carboxylic acids is 2. The zero-order valence-electron chi connectivity index (χ0n) is 14.2. The van der Waals surface area contributed by atoms with Gasteiger partial charge in [-0.15, -0.1) is 0 Å². The molecule has 3 rings (SSSR count). The molecular formula is C16H20N2O4S2. The third kappa shape index (κ3) is 2.71. The van der Waals surface area contributed by atoms with Gasteiger partial charge in [0.05, 0.1) is 13.2 Å². The first-order valence-corrected chi connectivity index (χ1v) is 9.53. The Labute approximate surface area is 149 Å². The van der Waals surface area contributed by atoms with Crippen LogP contribution < -0.4 is 0 Å². The Hall–Kier alpha value is -1.54. The second-order valence-electron chi connectivity index (χ2n) is 5.39. The summed E-state index contributed by atoms with van der Waals surface area (Å²) in [7, 11) is 0. The first-order chi connectivity index (χ1) is 11.5. The summed E-state index contributed by atoms with van der Waals surface area (Å²) in [5.41, 5.74) is 1.84. The molecular weight excluding hydrogens is 348 g/mol. The Bertz CT molecular complexity index is 638. The predicted octanol–water partition coefficient (Wildman–Crippen LogP) is 2.81. The quantitative estimate of drug-likeness (QED) is 0.702. The minimum Gasteiger partial charge on any atom is -0.462 e. The summed E-state index contributed by atoms with van der Waals surface area (Å²) in [5.74, 6) is -0.570. The molecule has 0 aromatic carbocycles.